The van der Waals surface area contributed by atoms with Crippen molar-refractivity contribution in [3.8, 4) is 0 Å². The first kappa shape index (κ1) is 15.7. The van der Waals surface area contributed by atoms with E-state index in [1.54, 1.807) is 0 Å². The normalized spacial score (nSPS) is 28.9. The Morgan fingerprint density at radius 1 is 1.39 bits per heavy atom. The summed E-state index contributed by atoms with van der Waals surface area (Å²) in [4.78, 5) is 14.8. The summed E-state index contributed by atoms with van der Waals surface area (Å²) in [5.41, 5.74) is -0.158. The molecule has 18 heavy (non-hydrogen) atoms. The Kier molecular flexibility index (Phi) is 5.84. The summed E-state index contributed by atoms with van der Waals surface area (Å²) in [6, 6.07) is 0. The highest BCUT2D eigenvalue weighted by atomic mass is 16.1. The van der Waals surface area contributed by atoms with Gasteiger partial charge >= 0.3 is 0 Å². The number of hydrogen-bond acceptors (Lipinski definition) is 2. The number of nitrogens with zero attached hydrogens (tertiary/aromatic N) is 1. The van der Waals surface area contributed by atoms with Gasteiger partial charge in [0.2, 0.25) is 0 Å². The van der Waals surface area contributed by atoms with Gasteiger partial charge in [0.15, 0.2) is 5.78 Å². The highest BCUT2D eigenvalue weighted by molar-refractivity contribution is 5.88. The molecule has 0 spiro atoms. The molecule has 1 aliphatic rings. The van der Waals surface area contributed by atoms with E-state index in [1.165, 1.54) is 19.3 Å². The van der Waals surface area contributed by atoms with E-state index in [2.05, 4.69) is 39.8 Å². The van der Waals surface area contributed by atoms with Gasteiger partial charge in [0, 0.05) is 6.42 Å². The van der Waals surface area contributed by atoms with E-state index in [-0.39, 0.29) is 5.54 Å². The van der Waals surface area contributed by atoms with Crippen LogP contribution in [0.3, 0.4) is 0 Å². The Balaban J connectivity index is 2.63. The quantitative estimate of drug-likeness (QED) is 0.715. The molecule has 1 fully saturated rings. The molecule has 0 saturated heterocycles. The number of ketones is 1. The van der Waals surface area contributed by atoms with E-state index in [0.29, 0.717) is 17.6 Å². The fourth-order valence-corrected chi connectivity index (χ4v) is 3.34. The average molecular weight is 253 g/mol. The number of likely N-dealkylation sites (N-methyl/N-ethyl adjacent to an activating group) is 1. The number of Topliss-reactive ketones (excluding diaryl/α,β-unsaturated/α-hetero) is 1. The Morgan fingerprint density at radius 3 is 2.56 bits per heavy atom. The minimum atomic E-state index is -0.158. The van der Waals surface area contributed by atoms with Gasteiger partial charge in [-0.1, -0.05) is 40.0 Å². The van der Waals surface area contributed by atoms with E-state index >= 15 is 0 Å². The van der Waals surface area contributed by atoms with E-state index in [9.17, 15) is 4.79 Å². The van der Waals surface area contributed by atoms with Crippen LogP contribution in [0.25, 0.3) is 0 Å². The van der Waals surface area contributed by atoms with Crippen LogP contribution in [-0.4, -0.2) is 30.3 Å². The smallest absolute Gasteiger partial charge is 0.153 e. The van der Waals surface area contributed by atoms with Crippen LogP contribution in [0.5, 0.6) is 0 Å². The van der Waals surface area contributed by atoms with Crippen molar-refractivity contribution in [3.63, 3.8) is 0 Å². The maximum absolute atomic E-state index is 12.6. The molecule has 1 rings (SSSR count). The molecule has 0 aliphatic heterocycles. The summed E-state index contributed by atoms with van der Waals surface area (Å²) < 4.78 is 0. The predicted octanol–water partition coefficient (Wildman–Crippen LogP) is 3.89. The zero-order valence-corrected chi connectivity index (χ0v) is 13.0. The van der Waals surface area contributed by atoms with E-state index in [1.807, 2.05) is 0 Å². The Labute approximate surface area is 113 Å². The van der Waals surface area contributed by atoms with Crippen molar-refractivity contribution >= 4 is 5.78 Å². The van der Waals surface area contributed by atoms with Crippen molar-refractivity contribution in [1.29, 1.82) is 0 Å². The molecule has 0 bridgehead atoms. The molecule has 0 heterocycles. The van der Waals surface area contributed by atoms with Crippen LogP contribution < -0.4 is 0 Å². The standard InChI is InChI=1S/C16H31NO/c1-13(2)8-6-10-15(18)16(17(4)5)11-7-9-14(3)12-16/h13-14H,6-12H2,1-5H3. The fourth-order valence-electron chi connectivity index (χ4n) is 3.34. The molecule has 0 N–H and O–H groups in total. The lowest BCUT2D eigenvalue weighted by Crippen LogP contribution is -2.53. The molecule has 2 nitrogen and oxygen atoms in total. The van der Waals surface area contributed by atoms with Gasteiger partial charge in [-0.15, -0.1) is 0 Å². The molecule has 106 valence electrons. The lowest BCUT2D eigenvalue weighted by molar-refractivity contribution is -0.133. The largest absolute Gasteiger partial charge is 0.298 e. The molecule has 1 saturated carbocycles. The summed E-state index contributed by atoms with van der Waals surface area (Å²) in [6.07, 6.45) is 7.60. The van der Waals surface area contributed by atoms with Gasteiger partial charge in [-0.05, 0) is 45.2 Å². The van der Waals surface area contributed by atoms with Gasteiger partial charge < -0.3 is 0 Å². The van der Waals surface area contributed by atoms with Crippen LogP contribution in [0.1, 0.15) is 65.7 Å². The molecule has 1 aliphatic carbocycles. The second-order valence-corrected chi connectivity index (χ2v) is 6.84. The molecular formula is C16H31NO. The molecule has 2 unspecified atom stereocenters. The van der Waals surface area contributed by atoms with Crippen LogP contribution >= 0.6 is 0 Å². The number of rotatable bonds is 6. The van der Waals surface area contributed by atoms with Crippen molar-refractivity contribution in [3.05, 3.63) is 0 Å². The number of carbonyl (C=O) groups excluding carboxylic acids is 1. The summed E-state index contributed by atoms with van der Waals surface area (Å²) in [5, 5.41) is 0. The molecular weight excluding hydrogens is 222 g/mol. The lowest BCUT2D eigenvalue weighted by atomic mass is 9.72. The first-order valence-electron chi connectivity index (χ1n) is 7.59. The van der Waals surface area contributed by atoms with Crippen LogP contribution in [0.2, 0.25) is 0 Å². The third-order valence-electron chi connectivity index (χ3n) is 4.53. The van der Waals surface area contributed by atoms with E-state index in [0.717, 1.165) is 25.7 Å². The Bertz CT molecular complexity index is 272. The van der Waals surface area contributed by atoms with Crippen molar-refractivity contribution in [1.82, 2.24) is 4.90 Å². The van der Waals surface area contributed by atoms with Crippen LogP contribution in [0.4, 0.5) is 0 Å². The van der Waals surface area contributed by atoms with Gasteiger partial charge in [0.05, 0.1) is 5.54 Å². The summed E-state index contributed by atoms with van der Waals surface area (Å²) >= 11 is 0. The highest BCUT2D eigenvalue weighted by Gasteiger charge is 2.42. The maximum Gasteiger partial charge on any atom is 0.153 e. The zero-order valence-electron chi connectivity index (χ0n) is 13.0. The summed E-state index contributed by atoms with van der Waals surface area (Å²) in [5.74, 6) is 1.88. The fraction of sp³-hybridized carbons (Fsp3) is 0.938. The molecule has 0 aromatic rings. The van der Waals surface area contributed by atoms with Crippen molar-refractivity contribution < 1.29 is 4.79 Å². The molecule has 2 atom stereocenters. The topological polar surface area (TPSA) is 20.3 Å². The summed E-state index contributed by atoms with van der Waals surface area (Å²) in [6.45, 7) is 6.75. The second kappa shape index (κ2) is 6.70. The van der Waals surface area contributed by atoms with Gasteiger partial charge in [-0.3, -0.25) is 9.69 Å². The van der Waals surface area contributed by atoms with Gasteiger partial charge in [-0.2, -0.15) is 0 Å². The predicted molar refractivity (Wildman–Crippen MR) is 77.7 cm³/mol. The van der Waals surface area contributed by atoms with Crippen molar-refractivity contribution in [2.75, 3.05) is 14.1 Å². The van der Waals surface area contributed by atoms with Gasteiger partial charge in [-0.25, -0.2) is 0 Å². The van der Waals surface area contributed by atoms with E-state index < -0.39 is 0 Å². The molecule has 0 amide bonds. The zero-order chi connectivity index (χ0) is 13.8. The SMILES string of the molecule is CC(C)CCCC(=O)C1(N(C)C)CCCC(C)C1. The second-order valence-electron chi connectivity index (χ2n) is 6.84. The monoisotopic (exact) mass is 253 g/mol. The van der Waals surface area contributed by atoms with Crippen molar-refractivity contribution in [2.24, 2.45) is 11.8 Å². The molecule has 0 aromatic carbocycles. The van der Waals surface area contributed by atoms with Crippen LogP contribution in [0, 0.1) is 11.8 Å². The number of hydrogen-bond donors (Lipinski definition) is 0. The average Bonchev–Trinajstić information content (AvgIpc) is 2.27. The van der Waals surface area contributed by atoms with Gasteiger partial charge in [0.25, 0.3) is 0 Å². The minimum Gasteiger partial charge on any atom is -0.298 e. The minimum absolute atomic E-state index is 0.158. The van der Waals surface area contributed by atoms with Crippen LogP contribution in [-0.2, 0) is 4.79 Å². The third-order valence-corrected chi connectivity index (χ3v) is 4.53. The van der Waals surface area contributed by atoms with Gasteiger partial charge in [0.1, 0.15) is 0 Å². The molecule has 2 heteroatoms. The third kappa shape index (κ3) is 3.81. The first-order valence-corrected chi connectivity index (χ1v) is 7.59. The Hall–Kier alpha value is -0.370. The first-order chi connectivity index (χ1) is 8.38. The number of carbonyl (C=O) groups is 1. The Morgan fingerprint density at radius 2 is 2.06 bits per heavy atom. The highest BCUT2D eigenvalue weighted by Crippen LogP contribution is 2.37. The van der Waals surface area contributed by atoms with E-state index in [4.69, 9.17) is 0 Å². The summed E-state index contributed by atoms with van der Waals surface area (Å²) in [7, 11) is 4.16. The van der Waals surface area contributed by atoms with Crippen LogP contribution in [0.15, 0.2) is 0 Å². The molecule has 0 aromatic heterocycles. The maximum atomic E-state index is 12.6. The molecule has 0 radical (unpaired) electrons. The lowest BCUT2D eigenvalue weighted by Gasteiger charge is -2.44. The van der Waals surface area contributed by atoms with Crippen molar-refractivity contribution in [2.45, 2.75) is 71.3 Å².